The SMILES string of the molecule is NCc1sc(N(CC2CC2)C2CC2)nc1C1CC1. The zero-order valence-electron chi connectivity index (χ0n) is 10.8. The summed E-state index contributed by atoms with van der Waals surface area (Å²) in [5.74, 6) is 1.68. The molecule has 4 rings (SSSR count). The average Bonchev–Trinajstić information content (AvgIpc) is 3.24. The Labute approximate surface area is 112 Å². The first kappa shape index (κ1) is 11.2. The Hall–Kier alpha value is -0.610. The molecular formula is C14H21N3S. The Balaban J connectivity index is 1.60. The summed E-state index contributed by atoms with van der Waals surface area (Å²) < 4.78 is 0. The highest BCUT2D eigenvalue weighted by Gasteiger charge is 2.37. The van der Waals surface area contributed by atoms with Gasteiger partial charge in [-0.15, -0.1) is 11.3 Å². The maximum Gasteiger partial charge on any atom is 0.186 e. The van der Waals surface area contributed by atoms with Crippen molar-refractivity contribution in [2.75, 3.05) is 11.4 Å². The second-order valence-electron chi connectivity index (χ2n) is 6.11. The number of aromatic nitrogens is 1. The predicted octanol–water partition coefficient (Wildman–Crippen LogP) is 2.86. The van der Waals surface area contributed by atoms with Gasteiger partial charge in [0, 0.05) is 29.9 Å². The van der Waals surface area contributed by atoms with Crippen LogP contribution in [0, 0.1) is 5.92 Å². The number of thiazole rings is 1. The summed E-state index contributed by atoms with van der Waals surface area (Å²) in [5, 5.41) is 1.27. The number of rotatable bonds is 6. The van der Waals surface area contributed by atoms with E-state index < -0.39 is 0 Å². The third-order valence-electron chi connectivity index (χ3n) is 4.25. The van der Waals surface area contributed by atoms with Gasteiger partial charge < -0.3 is 10.6 Å². The van der Waals surface area contributed by atoms with E-state index in [4.69, 9.17) is 10.7 Å². The molecule has 4 heteroatoms. The van der Waals surface area contributed by atoms with Crippen molar-refractivity contribution in [3.8, 4) is 0 Å². The topological polar surface area (TPSA) is 42.1 Å². The van der Waals surface area contributed by atoms with Crippen molar-refractivity contribution in [1.29, 1.82) is 0 Å². The molecule has 0 unspecified atom stereocenters. The van der Waals surface area contributed by atoms with E-state index in [9.17, 15) is 0 Å². The highest BCUT2D eigenvalue weighted by Crippen LogP contribution is 2.46. The van der Waals surface area contributed by atoms with Crippen LogP contribution in [-0.4, -0.2) is 17.6 Å². The molecule has 1 aromatic rings. The van der Waals surface area contributed by atoms with Crippen molar-refractivity contribution in [2.24, 2.45) is 11.7 Å². The van der Waals surface area contributed by atoms with Crippen LogP contribution in [0.25, 0.3) is 0 Å². The number of hydrogen-bond donors (Lipinski definition) is 1. The van der Waals surface area contributed by atoms with Gasteiger partial charge in [-0.2, -0.15) is 0 Å². The third-order valence-corrected chi connectivity index (χ3v) is 5.38. The molecule has 0 bridgehead atoms. The maximum atomic E-state index is 5.89. The van der Waals surface area contributed by atoms with Crippen molar-refractivity contribution >= 4 is 16.5 Å². The van der Waals surface area contributed by atoms with E-state index in [2.05, 4.69) is 4.90 Å². The molecule has 0 spiro atoms. The van der Waals surface area contributed by atoms with Gasteiger partial charge in [-0.3, -0.25) is 0 Å². The summed E-state index contributed by atoms with van der Waals surface area (Å²) in [4.78, 5) is 8.88. The van der Waals surface area contributed by atoms with Crippen LogP contribution in [0.1, 0.15) is 55.0 Å². The van der Waals surface area contributed by atoms with E-state index >= 15 is 0 Å². The van der Waals surface area contributed by atoms with Crippen LogP contribution in [0.3, 0.4) is 0 Å². The van der Waals surface area contributed by atoms with Crippen molar-refractivity contribution in [1.82, 2.24) is 4.98 Å². The Morgan fingerprint density at radius 1 is 1.17 bits per heavy atom. The number of hydrogen-bond acceptors (Lipinski definition) is 4. The summed E-state index contributed by atoms with van der Waals surface area (Å²) >= 11 is 1.86. The first-order valence-electron chi connectivity index (χ1n) is 7.31. The molecule has 18 heavy (non-hydrogen) atoms. The van der Waals surface area contributed by atoms with Gasteiger partial charge in [-0.05, 0) is 44.4 Å². The Morgan fingerprint density at radius 2 is 1.94 bits per heavy atom. The minimum atomic E-state index is 0.672. The quantitative estimate of drug-likeness (QED) is 0.858. The molecule has 3 nitrogen and oxygen atoms in total. The van der Waals surface area contributed by atoms with Crippen LogP contribution in [0.4, 0.5) is 5.13 Å². The Morgan fingerprint density at radius 3 is 2.50 bits per heavy atom. The van der Waals surface area contributed by atoms with Crippen LogP contribution < -0.4 is 10.6 Å². The van der Waals surface area contributed by atoms with Gasteiger partial charge in [0.05, 0.1) is 5.69 Å². The first-order valence-corrected chi connectivity index (χ1v) is 8.13. The van der Waals surface area contributed by atoms with Gasteiger partial charge in [0.1, 0.15) is 0 Å². The normalized spacial score (nSPS) is 23.4. The summed E-state index contributed by atoms with van der Waals surface area (Å²) in [6.45, 7) is 1.91. The van der Waals surface area contributed by atoms with Crippen LogP contribution in [0.5, 0.6) is 0 Å². The summed E-state index contributed by atoms with van der Waals surface area (Å²) in [6, 6.07) is 0.787. The van der Waals surface area contributed by atoms with E-state index in [1.54, 1.807) is 0 Å². The lowest BCUT2D eigenvalue weighted by Gasteiger charge is -2.21. The molecule has 0 saturated heterocycles. The van der Waals surface area contributed by atoms with Gasteiger partial charge in [-0.25, -0.2) is 4.98 Å². The zero-order chi connectivity index (χ0) is 12.1. The molecule has 2 N–H and O–H groups in total. The minimum absolute atomic E-state index is 0.672. The molecule has 0 radical (unpaired) electrons. The standard InChI is InChI=1S/C14H21N3S/c15-7-12-13(10-3-4-10)16-14(18-12)17(11-5-6-11)8-9-1-2-9/h9-11H,1-8,15H2. The lowest BCUT2D eigenvalue weighted by Crippen LogP contribution is -2.27. The van der Waals surface area contributed by atoms with Crippen molar-refractivity contribution < 1.29 is 0 Å². The molecule has 0 atom stereocenters. The fraction of sp³-hybridized carbons (Fsp3) is 0.786. The molecule has 1 heterocycles. The fourth-order valence-corrected chi connectivity index (χ4v) is 3.75. The second-order valence-corrected chi connectivity index (χ2v) is 7.17. The van der Waals surface area contributed by atoms with Crippen molar-refractivity contribution in [3.05, 3.63) is 10.6 Å². The molecule has 0 aromatic carbocycles. The molecule has 3 saturated carbocycles. The average molecular weight is 263 g/mol. The van der Waals surface area contributed by atoms with Gasteiger partial charge in [0.25, 0.3) is 0 Å². The highest BCUT2D eigenvalue weighted by molar-refractivity contribution is 7.15. The highest BCUT2D eigenvalue weighted by atomic mass is 32.1. The zero-order valence-corrected chi connectivity index (χ0v) is 11.6. The van der Waals surface area contributed by atoms with E-state index in [1.807, 2.05) is 11.3 Å². The maximum absolute atomic E-state index is 5.89. The fourth-order valence-electron chi connectivity index (χ4n) is 2.64. The molecule has 98 valence electrons. The molecule has 3 fully saturated rings. The van der Waals surface area contributed by atoms with Gasteiger partial charge >= 0.3 is 0 Å². The van der Waals surface area contributed by atoms with Crippen LogP contribution >= 0.6 is 11.3 Å². The monoisotopic (exact) mass is 263 g/mol. The molecular weight excluding hydrogens is 242 g/mol. The second kappa shape index (κ2) is 4.20. The van der Waals surface area contributed by atoms with Crippen LogP contribution in [0.15, 0.2) is 0 Å². The van der Waals surface area contributed by atoms with E-state index in [-0.39, 0.29) is 0 Å². The summed E-state index contributed by atoms with van der Waals surface area (Å²) in [5.41, 5.74) is 7.22. The van der Waals surface area contributed by atoms with Gasteiger partial charge in [-0.1, -0.05) is 0 Å². The summed E-state index contributed by atoms with van der Waals surface area (Å²) in [6.07, 6.45) is 8.22. The van der Waals surface area contributed by atoms with Crippen LogP contribution in [0.2, 0.25) is 0 Å². The summed E-state index contributed by atoms with van der Waals surface area (Å²) in [7, 11) is 0. The Kier molecular flexibility index (Phi) is 2.62. The van der Waals surface area contributed by atoms with Gasteiger partial charge in [0.2, 0.25) is 0 Å². The third kappa shape index (κ3) is 2.16. The van der Waals surface area contributed by atoms with Crippen molar-refractivity contribution in [2.45, 2.75) is 57.0 Å². The molecule has 0 amide bonds. The van der Waals surface area contributed by atoms with Crippen molar-refractivity contribution in [3.63, 3.8) is 0 Å². The van der Waals surface area contributed by atoms with E-state index in [0.717, 1.165) is 17.9 Å². The largest absolute Gasteiger partial charge is 0.345 e. The van der Waals surface area contributed by atoms with E-state index in [0.29, 0.717) is 6.54 Å². The number of anilines is 1. The lowest BCUT2D eigenvalue weighted by molar-refractivity contribution is 0.714. The first-order chi connectivity index (χ1) is 8.85. The molecule has 3 aliphatic rings. The Bertz CT molecular complexity index is 444. The number of nitrogens with two attached hydrogens (primary N) is 1. The minimum Gasteiger partial charge on any atom is -0.345 e. The van der Waals surface area contributed by atoms with Gasteiger partial charge in [0.15, 0.2) is 5.13 Å². The predicted molar refractivity (Wildman–Crippen MR) is 75.1 cm³/mol. The molecule has 0 aliphatic heterocycles. The number of nitrogens with zero attached hydrogens (tertiary/aromatic N) is 2. The molecule has 1 aromatic heterocycles. The lowest BCUT2D eigenvalue weighted by atomic mass is 10.2. The molecule has 3 aliphatic carbocycles. The van der Waals surface area contributed by atoms with E-state index in [1.165, 1.54) is 60.8 Å². The van der Waals surface area contributed by atoms with Crippen LogP contribution in [-0.2, 0) is 6.54 Å². The smallest absolute Gasteiger partial charge is 0.186 e.